The van der Waals surface area contributed by atoms with Gasteiger partial charge in [-0.25, -0.2) is 0 Å². The van der Waals surface area contributed by atoms with E-state index >= 15 is 0 Å². The molecule has 0 saturated heterocycles. The van der Waals surface area contributed by atoms with Gasteiger partial charge in [-0.3, -0.25) is 4.98 Å². The molecule has 0 aliphatic heterocycles. The Morgan fingerprint density at radius 1 is 0.457 bits per heavy atom. The van der Waals surface area contributed by atoms with Crippen LogP contribution in [0, 0.1) is 0 Å². The normalized spacial score (nSPS) is 11.5. The lowest BCUT2D eigenvalue weighted by atomic mass is 10.0. The van der Waals surface area contributed by atoms with E-state index in [4.69, 9.17) is 4.42 Å². The van der Waals surface area contributed by atoms with Crippen LogP contribution in [0.5, 0.6) is 0 Å². The molecule has 0 radical (unpaired) electrons. The van der Waals surface area contributed by atoms with Crippen molar-refractivity contribution in [2.24, 2.45) is 0 Å². The molecule has 0 unspecified atom stereocenters. The molecule has 7 aromatic carbocycles. The predicted molar refractivity (Wildman–Crippen MR) is 192 cm³/mol. The number of aromatic nitrogens is 1. The quantitative estimate of drug-likeness (QED) is 0.200. The van der Waals surface area contributed by atoms with Gasteiger partial charge in [-0.15, -0.1) is 0 Å². The molecule has 0 N–H and O–H groups in total. The average Bonchev–Trinajstić information content (AvgIpc) is 3.53. The maximum atomic E-state index is 6.53. The summed E-state index contributed by atoms with van der Waals surface area (Å²) in [6.45, 7) is 0. The van der Waals surface area contributed by atoms with Crippen molar-refractivity contribution in [3.8, 4) is 22.3 Å². The summed E-state index contributed by atoms with van der Waals surface area (Å²) < 4.78 is 6.53. The molecule has 0 saturated carbocycles. The summed E-state index contributed by atoms with van der Waals surface area (Å²) in [5.41, 5.74) is 10.5. The molecule has 9 aromatic rings. The molecule has 0 bridgehead atoms. The van der Waals surface area contributed by atoms with Crippen LogP contribution in [0.25, 0.3) is 65.9 Å². The van der Waals surface area contributed by atoms with E-state index in [0.717, 1.165) is 49.9 Å². The molecular formula is C43H28N2O. The molecule has 46 heavy (non-hydrogen) atoms. The van der Waals surface area contributed by atoms with Gasteiger partial charge >= 0.3 is 0 Å². The highest BCUT2D eigenvalue weighted by molar-refractivity contribution is 6.18. The fourth-order valence-electron chi connectivity index (χ4n) is 6.62. The fourth-order valence-corrected chi connectivity index (χ4v) is 6.62. The standard InChI is InChI=1S/C43H28N2O/c1-2-8-29(9-3-1)31-17-22-36(23-18-31)45(37-24-19-32(20-25-37)35-16-15-30-10-4-5-11-34(30)28-35)39-13-6-14-40-41(39)38-26-21-33-12-7-27-44-42(33)43(38)46-40/h1-28H. The largest absolute Gasteiger partial charge is 0.454 e. The average molecular weight is 589 g/mol. The highest BCUT2D eigenvalue weighted by atomic mass is 16.3. The van der Waals surface area contributed by atoms with Gasteiger partial charge in [-0.1, -0.05) is 109 Å². The number of anilines is 3. The number of benzene rings is 7. The van der Waals surface area contributed by atoms with E-state index in [-0.39, 0.29) is 0 Å². The Labute approximate surface area is 266 Å². The molecule has 0 atom stereocenters. The smallest absolute Gasteiger partial charge is 0.161 e. The number of fused-ring (bicyclic) bond motifs is 6. The van der Waals surface area contributed by atoms with Crippen molar-refractivity contribution in [1.29, 1.82) is 0 Å². The molecule has 0 spiro atoms. The molecule has 0 aliphatic carbocycles. The van der Waals surface area contributed by atoms with E-state index in [1.807, 2.05) is 18.3 Å². The third-order valence-electron chi connectivity index (χ3n) is 8.90. The summed E-state index contributed by atoms with van der Waals surface area (Å²) in [4.78, 5) is 7.02. The van der Waals surface area contributed by atoms with Gasteiger partial charge in [-0.2, -0.15) is 0 Å². The molecule has 216 valence electrons. The number of pyridine rings is 1. The molecule has 3 heteroatoms. The SMILES string of the molecule is c1ccc(-c2ccc(N(c3ccc(-c4ccc5ccccc5c4)cc3)c3cccc4oc5c(ccc6cccnc65)c34)cc2)cc1. The molecule has 0 aliphatic rings. The minimum Gasteiger partial charge on any atom is -0.454 e. The van der Waals surface area contributed by atoms with E-state index in [0.29, 0.717) is 0 Å². The van der Waals surface area contributed by atoms with Gasteiger partial charge in [-0.05, 0) is 87.6 Å². The van der Waals surface area contributed by atoms with Crippen LogP contribution < -0.4 is 4.90 Å². The van der Waals surface area contributed by atoms with Gasteiger partial charge in [0.05, 0.1) is 11.1 Å². The summed E-state index contributed by atoms with van der Waals surface area (Å²) in [6.07, 6.45) is 1.83. The zero-order chi connectivity index (χ0) is 30.5. The van der Waals surface area contributed by atoms with Crippen LogP contribution in [0.2, 0.25) is 0 Å². The van der Waals surface area contributed by atoms with Crippen molar-refractivity contribution in [2.45, 2.75) is 0 Å². The Morgan fingerprint density at radius 2 is 1.09 bits per heavy atom. The summed E-state index contributed by atoms with van der Waals surface area (Å²) in [6, 6.07) is 58.0. The lowest BCUT2D eigenvalue weighted by Crippen LogP contribution is -2.10. The van der Waals surface area contributed by atoms with Gasteiger partial charge in [0.25, 0.3) is 0 Å². The van der Waals surface area contributed by atoms with Crippen LogP contribution in [-0.2, 0) is 0 Å². The summed E-state index contributed by atoms with van der Waals surface area (Å²) >= 11 is 0. The Kier molecular flexibility index (Phi) is 6.14. The van der Waals surface area contributed by atoms with Crippen LogP contribution in [0.3, 0.4) is 0 Å². The molecule has 2 heterocycles. The molecule has 2 aromatic heterocycles. The Bertz CT molecular complexity index is 2510. The third-order valence-corrected chi connectivity index (χ3v) is 8.90. The van der Waals surface area contributed by atoms with E-state index in [2.05, 4.69) is 162 Å². The molecule has 0 amide bonds. The van der Waals surface area contributed by atoms with Crippen LogP contribution in [0.15, 0.2) is 174 Å². The van der Waals surface area contributed by atoms with Crippen LogP contribution >= 0.6 is 0 Å². The van der Waals surface area contributed by atoms with E-state index in [1.54, 1.807) is 0 Å². The van der Waals surface area contributed by atoms with Crippen molar-refractivity contribution < 1.29 is 4.42 Å². The highest BCUT2D eigenvalue weighted by Crippen LogP contribution is 2.44. The lowest BCUT2D eigenvalue weighted by molar-refractivity contribution is 0.671. The summed E-state index contributed by atoms with van der Waals surface area (Å²) in [5, 5.41) is 5.67. The maximum absolute atomic E-state index is 6.53. The number of hydrogen-bond donors (Lipinski definition) is 0. The molecular weight excluding hydrogens is 560 g/mol. The second-order valence-electron chi connectivity index (χ2n) is 11.6. The van der Waals surface area contributed by atoms with Crippen molar-refractivity contribution in [3.63, 3.8) is 0 Å². The van der Waals surface area contributed by atoms with E-state index in [1.165, 1.54) is 33.0 Å². The predicted octanol–water partition coefficient (Wildman–Crippen LogP) is 12.1. The maximum Gasteiger partial charge on any atom is 0.161 e. The molecule has 3 nitrogen and oxygen atoms in total. The second kappa shape index (κ2) is 10.8. The first-order valence-corrected chi connectivity index (χ1v) is 15.5. The third kappa shape index (κ3) is 4.41. The topological polar surface area (TPSA) is 29.3 Å². The minimum absolute atomic E-state index is 0.812. The Hall–Kier alpha value is -6.19. The van der Waals surface area contributed by atoms with Crippen LogP contribution in [-0.4, -0.2) is 4.98 Å². The Balaban J connectivity index is 1.22. The van der Waals surface area contributed by atoms with Gasteiger partial charge in [0, 0.05) is 28.3 Å². The number of furan rings is 1. The summed E-state index contributed by atoms with van der Waals surface area (Å²) in [5.74, 6) is 0. The van der Waals surface area contributed by atoms with Crippen LogP contribution in [0.4, 0.5) is 17.1 Å². The number of nitrogens with zero attached hydrogens (tertiary/aromatic N) is 2. The van der Waals surface area contributed by atoms with Crippen molar-refractivity contribution >= 4 is 60.7 Å². The first-order chi connectivity index (χ1) is 22.8. The fraction of sp³-hybridized carbons (Fsp3) is 0. The van der Waals surface area contributed by atoms with Crippen molar-refractivity contribution in [2.75, 3.05) is 4.90 Å². The van der Waals surface area contributed by atoms with E-state index in [9.17, 15) is 0 Å². The van der Waals surface area contributed by atoms with E-state index < -0.39 is 0 Å². The first-order valence-electron chi connectivity index (χ1n) is 15.5. The zero-order valence-electron chi connectivity index (χ0n) is 25.0. The highest BCUT2D eigenvalue weighted by Gasteiger charge is 2.20. The molecule has 9 rings (SSSR count). The second-order valence-corrected chi connectivity index (χ2v) is 11.6. The minimum atomic E-state index is 0.812. The van der Waals surface area contributed by atoms with Gasteiger partial charge < -0.3 is 9.32 Å². The monoisotopic (exact) mass is 588 g/mol. The van der Waals surface area contributed by atoms with Gasteiger partial charge in [0.15, 0.2) is 5.58 Å². The van der Waals surface area contributed by atoms with Gasteiger partial charge in [0.1, 0.15) is 11.1 Å². The lowest BCUT2D eigenvalue weighted by Gasteiger charge is -2.26. The molecule has 0 fully saturated rings. The van der Waals surface area contributed by atoms with Gasteiger partial charge in [0.2, 0.25) is 0 Å². The Morgan fingerprint density at radius 3 is 1.87 bits per heavy atom. The van der Waals surface area contributed by atoms with Crippen molar-refractivity contribution in [1.82, 2.24) is 4.98 Å². The first kappa shape index (κ1) is 26.2. The van der Waals surface area contributed by atoms with Crippen molar-refractivity contribution in [3.05, 3.63) is 170 Å². The summed E-state index contributed by atoms with van der Waals surface area (Å²) in [7, 11) is 0. The number of hydrogen-bond acceptors (Lipinski definition) is 3. The van der Waals surface area contributed by atoms with Crippen LogP contribution in [0.1, 0.15) is 0 Å². The number of rotatable bonds is 5. The zero-order valence-corrected chi connectivity index (χ0v) is 25.0.